The van der Waals surface area contributed by atoms with Crippen LogP contribution in [0, 0.1) is 11.8 Å². The zero-order valence-electron chi connectivity index (χ0n) is 12.3. The zero-order valence-corrected chi connectivity index (χ0v) is 12.3. The number of nitrogens with zero attached hydrogens (tertiary/aromatic N) is 3. The summed E-state index contributed by atoms with van der Waals surface area (Å²) >= 11 is 0. The average molecular weight is 284 g/mol. The summed E-state index contributed by atoms with van der Waals surface area (Å²) in [5, 5.41) is 13.0. The normalized spacial score (nSPS) is 21.5. The number of anilines is 1. The molecule has 2 unspecified atom stereocenters. The van der Waals surface area contributed by atoms with Gasteiger partial charge in [0.25, 0.3) is 0 Å². The second-order valence-electron chi connectivity index (χ2n) is 5.88. The molecule has 1 saturated carbocycles. The number of para-hydroxylation sites is 1. The van der Waals surface area contributed by atoms with Gasteiger partial charge in [0.1, 0.15) is 5.82 Å². The number of benzene rings is 1. The Labute approximate surface area is 124 Å². The number of amidine groups is 1. The van der Waals surface area contributed by atoms with E-state index in [1.807, 2.05) is 37.4 Å². The minimum absolute atomic E-state index is 0.114. The molecule has 3 rings (SSSR count). The van der Waals surface area contributed by atoms with E-state index in [2.05, 4.69) is 17.0 Å². The van der Waals surface area contributed by atoms with Crippen LogP contribution in [0.4, 0.5) is 5.82 Å². The van der Waals surface area contributed by atoms with Crippen molar-refractivity contribution in [1.29, 1.82) is 0 Å². The Kier molecular flexibility index (Phi) is 3.41. The summed E-state index contributed by atoms with van der Waals surface area (Å²) in [6, 6.07) is 9.64. The summed E-state index contributed by atoms with van der Waals surface area (Å²) in [5.41, 5.74) is 7.39. The molecule has 2 atom stereocenters. The summed E-state index contributed by atoms with van der Waals surface area (Å²) in [4.78, 5) is 6.84. The molecule has 1 aliphatic rings. The highest BCUT2D eigenvalue weighted by atomic mass is 16.4. The van der Waals surface area contributed by atoms with Crippen LogP contribution in [-0.4, -0.2) is 29.6 Å². The Morgan fingerprint density at radius 1 is 1.48 bits per heavy atom. The molecule has 110 valence electrons. The van der Waals surface area contributed by atoms with E-state index in [0.717, 1.165) is 35.1 Å². The van der Waals surface area contributed by atoms with Gasteiger partial charge in [-0.1, -0.05) is 30.3 Å². The molecule has 1 aromatic heterocycles. The molecule has 1 heterocycles. The van der Waals surface area contributed by atoms with Crippen LogP contribution in [-0.2, 0) is 0 Å². The van der Waals surface area contributed by atoms with E-state index < -0.39 is 0 Å². The largest absolute Gasteiger partial charge is 0.409 e. The van der Waals surface area contributed by atoms with Gasteiger partial charge in [-0.2, -0.15) is 0 Å². The topological polar surface area (TPSA) is 74.7 Å². The maximum Gasteiger partial charge on any atom is 0.170 e. The number of hydrogen-bond donors (Lipinski definition) is 2. The Morgan fingerprint density at radius 2 is 2.19 bits per heavy atom. The predicted octanol–water partition coefficient (Wildman–Crippen LogP) is 2.42. The number of oxime groups is 1. The fourth-order valence-corrected chi connectivity index (χ4v) is 2.72. The van der Waals surface area contributed by atoms with Gasteiger partial charge < -0.3 is 15.8 Å². The number of nitrogens with two attached hydrogens (primary N) is 1. The molecule has 0 bridgehead atoms. The maximum absolute atomic E-state index is 9.00. The first-order chi connectivity index (χ1) is 10.1. The standard InChI is InChI=1S/C16H20N4O/c1-10-7-11(10)9-20(2)15-8-13(16(17)19-21)12-5-3-4-6-14(12)18-15/h3-6,8,10-11,21H,7,9H2,1-2H3,(H2,17,19). The first kappa shape index (κ1) is 13.7. The van der Waals surface area contributed by atoms with E-state index in [4.69, 9.17) is 15.9 Å². The molecular formula is C16H20N4O. The molecule has 3 N–H and O–H groups in total. The van der Waals surface area contributed by atoms with Gasteiger partial charge in [-0.25, -0.2) is 4.98 Å². The smallest absolute Gasteiger partial charge is 0.170 e. The minimum atomic E-state index is 0.114. The fraction of sp³-hybridized carbons (Fsp3) is 0.375. The number of aromatic nitrogens is 1. The summed E-state index contributed by atoms with van der Waals surface area (Å²) in [7, 11) is 2.04. The van der Waals surface area contributed by atoms with Crippen molar-refractivity contribution in [3.63, 3.8) is 0 Å². The lowest BCUT2D eigenvalue weighted by atomic mass is 10.1. The Morgan fingerprint density at radius 3 is 2.86 bits per heavy atom. The number of pyridine rings is 1. The summed E-state index contributed by atoms with van der Waals surface area (Å²) in [6.45, 7) is 3.26. The van der Waals surface area contributed by atoms with Crippen molar-refractivity contribution in [2.45, 2.75) is 13.3 Å². The van der Waals surface area contributed by atoms with Gasteiger partial charge in [0.2, 0.25) is 0 Å². The molecule has 0 aliphatic heterocycles. The van der Waals surface area contributed by atoms with E-state index in [1.165, 1.54) is 6.42 Å². The monoisotopic (exact) mass is 284 g/mol. The fourth-order valence-electron chi connectivity index (χ4n) is 2.72. The number of fused-ring (bicyclic) bond motifs is 1. The van der Waals surface area contributed by atoms with Gasteiger partial charge >= 0.3 is 0 Å². The van der Waals surface area contributed by atoms with E-state index in [0.29, 0.717) is 5.56 Å². The molecule has 1 aliphatic carbocycles. The number of hydrogen-bond acceptors (Lipinski definition) is 4. The van der Waals surface area contributed by atoms with Crippen LogP contribution in [0.5, 0.6) is 0 Å². The van der Waals surface area contributed by atoms with Gasteiger partial charge in [0, 0.05) is 24.5 Å². The first-order valence-corrected chi connectivity index (χ1v) is 7.19. The van der Waals surface area contributed by atoms with Crippen molar-refractivity contribution >= 4 is 22.6 Å². The van der Waals surface area contributed by atoms with Gasteiger partial charge in [-0.05, 0) is 30.4 Å². The second kappa shape index (κ2) is 5.24. The summed E-state index contributed by atoms with van der Waals surface area (Å²) in [5.74, 6) is 2.52. The molecule has 1 fully saturated rings. The third-order valence-corrected chi connectivity index (χ3v) is 4.26. The van der Waals surface area contributed by atoms with Gasteiger partial charge in [0.05, 0.1) is 5.52 Å². The lowest BCUT2D eigenvalue weighted by Gasteiger charge is -2.20. The van der Waals surface area contributed by atoms with Crippen molar-refractivity contribution < 1.29 is 5.21 Å². The van der Waals surface area contributed by atoms with Gasteiger partial charge in [0.15, 0.2) is 5.84 Å². The highest BCUT2D eigenvalue weighted by molar-refractivity contribution is 6.08. The first-order valence-electron chi connectivity index (χ1n) is 7.19. The molecule has 5 nitrogen and oxygen atoms in total. The van der Waals surface area contributed by atoms with E-state index in [9.17, 15) is 0 Å². The highest BCUT2D eigenvalue weighted by Gasteiger charge is 2.33. The zero-order chi connectivity index (χ0) is 15.0. The molecule has 0 saturated heterocycles. The highest BCUT2D eigenvalue weighted by Crippen LogP contribution is 2.38. The molecular weight excluding hydrogens is 264 g/mol. The van der Waals surface area contributed by atoms with E-state index in [-0.39, 0.29) is 5.84 Å². The lowest BCUT2D eigenvalue weighted by Crippen LogP contribution is -2.23. The Balaban J connectivity index is 2.03. The third kappa shape index (κ3) is 2.63. The van der Waals surface area contributed by atoms with Crippen molar-refractivity contribution in [1.82, 2.24) is 4.98 Å². The molecule has 2 aromatic rings. The van der Waals surface area contributed by atoms with Crippen molar-refractivity contribution in [2.24, 2.45) is 22.7 Å². The Bertz CT molecular complexity index is 698. The average Bonchev–Trinajstić information content (AvgIpc) is 3.20. The molecule has 0 spiro atoms. The van der Waals surface area contributed by atoms with Crippen LogP contribution in [0.3, 0.4) is 0 Å². The van der Waals surface area contributed by atoms with Crippen molar-refractivity contribution in [3.05, 3.63) is 35.9 Å². The minimum Gasteiger partial charge on any atom is -0.409 e. The van der Waals surface area contributed by atoms with Crippen LogP contribution in [0.15, 0.2) is 35.5 Å². The van der Waals surface area contributed by atoms with E-state index in [1.54, 1.807) is 0 Å². The lowest BCUT2D eigenvalue weighted by molar-refractivity contribution is 0.318. The van der Waals surface area contributed by atoms with Crippen LogP contribution in [0.2, 0.25) is 0 Å². The van der Waals surface area contributed by atoms with Crippen molar-refractivity contribution in [2.75, 3.05) is 18.5 Å². The van der Waals surface area contributed by atoms with Crippen molar-refractivity contribution in [3.8, 4) is 0 Å². The summed E-state index contributed by atoms with van der Waals surface area (Å²) in [6.07, 6.45) is 1.28. The van der Waals surface area contributed by atoms with Gasteiger partial charge in [-0.3, -0.25) is 0 Å². The van der Waals surface area contributed by atoms with Crippen LogP contribution in [0.25, 0.3) is 10.9 Å². The molecule has 0 radical (unpaired) electrons. The maximum atomic E-state index is 9.00. The second-order valence-corrected chi connectivity index (χ2v) is 5.88. The SMILES string of the molecule is CC1CC1CN(C)c1cc(C(N)=NO)c2ccccc2n1. The van der Waals surface area contributed by atoms with Crippen LogP contribution >= 0.6 is 0 Å². The molecule has 0 amide bonds. The Hall–Kier alpha value is -2.30. The molecule has 21 heavy (non-hydrogen) atoms. The molecule has 5 heteroatoms. The van der Waals surface area contributed by atoms with Gasteiger partial charge in [-0.15, -0.1) is 0 Å². The number of rotatable bonds is 4. The third-order valence-electron chi connectivity index (χ3n) is 4.26. The quantitative estimate of drug-likeness (QED) is 0.391. The summed E-state index contributed by atoms with van der Waals surface area (Å²) < 4.78 is 0. The molecule has 1 aromatic carbocycles. The van der Waals surface area contributed by atoms with Crippen LogP contribution in [0.1, 0.15) is 18.9 Å². The predicted molar refractivity (Wildman–Crippen MR) is 84.8 cm³/mol. The van der Waals surface area contributed by atoms with Crippen LogP contribution < -0.4 is 10.6 Å². The van der Waals surface area contributed by atoms with E-state index >= 15 is 0 Å².